The predicted octanol–water partition coefficient (Wildman–Crippen LogP) is 3.72. The van der Waals surface area contributed by atoms with Gasteiger partial charge in [0, 0.05) is 17.5 Å². The van der Waals surface area contributed by atoms with Gasteiger partial charge in [-0.25, -0.2) is 13.4 Å². The van der Waals surface area contributed by atoms with Crippen LogP contribution in [0, 0.1) is 13.8 Å². The summed E-state index contributed by atoms with van der Waals surface area (Å²) in [7, 11) is -1.89. The molecule has 30 heavy (non-hydrogen) atoms. The first kappa shape index (κ1) is 20.4. The van der Waals surface area contributed by atoms with Gasteiger partial charge < -0.3 is 9.64 Å². The maximum atomic E-state index is 12.6. The zero-order chi connectivity index (χ0) is 21.5. The Balaban J connectivity index is 1.59. The van der Waals surface area contributed by atoms with Crippen LogP contribution in [-0.2, 0) is 20.6 Å². The van der Waals surface area contributed by atoms with Gasteiger partial charge in [-0.15, -0.1) is 11.3 Å². The molecule has 1 aromatic heterocycles. The Morgan fingerprint density at radius 3 is 2.77 bits per heavy atom. The summed E-state index contributed by atoms with van der Waals surface area (Å²) < 4.78 is 33.3. The largest absolute Gasteiger partial charge is 0.482 e. The maximum absolute atomic E-state index is 12.6. The van der Waals surface area contributed by atoms with Crippen molar-refractivity contribution in [3.05, 3.63) is 58.5 Å². The number of benzene rings is 2. The van der Waals surface area contributed by atoms with E-state index in [-0.39, 0.29) is 18.3 Å². The quantitative estimate of drug-likeness (QED) is 0.649. The Labute approximate surface area is 179 Å². The Kier molecular flexibility index (Phi) is 5.25. The van der Waals surface area contributed by atoms with Gasteiger partial charge in [-0.3, -0.25) is 9.52 Å². The molecule has 0 fully saturated rings. The lowest BCUT2D eigenvalue weighted by Crippen LogP contribution is -2.35. The number of nitrogens with one attached hydrogen (secondary N) is 1. The minimum atomic E-state index is -3.60. The molecule has 0 aliphatic carbocycles. The highest BCUT2D eigenvalue weighted by molar-refractivity contribution is 7.92. The molecule has 4 rings (SSSR count). The molecule has 1 N–H and O–H groups in total. The number of rotatable bonds is 5. The molecule has 3 aromatic rings. The summed E-state index contributed by atoms with van der Waals surface area (Å²) >= 11 is 1.28. The molecule has 156 valence electrons. The number of sulfonamides is 1. The van der Waals surface area contributed by atoms with Crippen molar-refractivity contribution in [3.63, 3.8) is 0 Å². The fourth-order valence-electron chi connectivity index (χ4n) is 3.32. The van der Waals surface area contributed by atoms with Crippen molar-refractivity contribution in [2.75, 3.05) is 23.3 Å². The Hall–Kier alpha value is -2.91. The maximum Gasteiger partial charge on any atom is 0.264 e. The molecule has 0 saturated heterocycles. The number of hydrogen-bond donors (Lipinski definition) is 1. The average Bonchev–Trinajstić information content (AvgIpc) is 3.03. The van der Waals surface area contributed by atoms with Crippen molar-refractivity contribution in [2.24, 2.45) is 0 Å². The van der Waals surface area contributed by atoms with E-state index in [0.29, 0.717) is 22.3 Å². The third kappa shape index (κ3) is 4.17. The molecule has 1 aliphatic rings. The van der Waals surface area contributed by atoms with Crippen molar-refractivity contribution in [3.8, 4) is 17.0 Å². The summed E-state index contributed by atoms with van der Waals surface area (Å²) in [6, 6.07) is 12.9. The van der Waals surface area contributed by atoms with Crippen LogP contribution >= 0.6 is 11.3 Å². The zero-order valence-corrected chi connectivity index (χ0v) is 18.4. The first-order valence-electron chi connectivity index (χ1n) is 9.29. The summed E-state index contributed by atoms with van der Waals surface area (Å²) in [5.74, 6) is 0.387. The van der Waals surface area contributed by atoms with Crippen LogP contribution in [0.2, 0.25) is 0 Å². The topological polar surface area (TPSA) is 88.6 Å². The van der Waals surface area contributed by atoms with E-state index < -0.39 is 10.0 Å². The number of carbonyl (C=O) groups excluding carboxylic acids is 1. The highest BCUT2D eigenvalue weighted by atomic mass is 32.2. The number of likely N-dealkylation sites (N-methyl/N-ethyl adjacent to an activating group) is 1. The predicted molar refractivity (Wildman–Crippen MR) is 119 cm³/mol. The lowest BCUT2D eigenvalue weighted by molar-refractivity contribution is -0.120. The van der Waals surface area contributed by atoms with Crippen LogP contribution in [0.15, 0.2) is 42.5 Å². The molecular weight excluding hydrogens is 422 g/mol. The SMILES string of the molecule is Cc1cccc(CS(=O)(=O)Nc2nc(-c3ccc4c(c3)N(C)C(=O)CO4)c(C)s2)c1. The molecule has 0 bridgehead atoms. The second kappa shape index (κ2) is 7.73. The normalized spacial score (nSPS) is 13.7. The monoisotopic (exact) mass is 443 g/mol. The van der Waals surface area contributed by atoms with Crippen LogP contribution < -0.4 is 14.4 Å². The molecular formula is C21H21N3O4S2. The van der Waals surface area contributed by atoms with Crippen LogP contribution in [-0.4, -0.2) is 33.0 Å². The van der Waals surface area contributed by atoms with E-state index in [0.717, 1.165) is 21.6 Å². The van der Waals surface area contributed by atoms with Crippen molar-refractivity contribution in [2.45, 2.75) is 19.6 Å². The van der Waals surface area contributed by atoms with Crippen molar-refractivity contribution in [1.82, 2.24) is 4.98 Å². The first-order chi connectivity index (χ1) is 14.2. The van der Waals surface area contributed by atoms with Gasteiger partial charge in [0.1, 0.15) is 5.75 Å². The highest BCUT2D eigenvalue weighted by Crippen LogP contribution is 2.38. The highest BCUT2D eigenvalue weighted by Gasteiger charge is 2.24. The molecule has 0 unspecified atom stereocenters. The van der Waals surface area contributed by atoms with E-state index in [1.807, 2.05) is 44.2 Å². The van der Waals surface area contributed by atoms with E-state index in [9.17, 15) is 13.2 Å². The van der Waals surface area contributed by atoms with E-state index in [2.05, 4.69) is 9.71 Å². The number of carbonyl (C=O) groups is 1. The lowest BCUT2D eigenvalue weighted by atomic mass is 10.1. The molecule has 0 spiro atoms. The first-order valence-corrected chi connectivity index (χ1v) is 11.8. The second-order valence-electron chi connectivity index (χ2n) is 7.20. The average molecular weight is 444 g/mol. The van der Waals surface area contributed by atoms with Gasteiger partial charge in [-0.05, 0) is 37.6 Å². The van der Waals surface area contributed by atoms with Crippen molar-refractivity contribution >= 4 is 38.1 Å². The number of thiazole rings is 1. The van der Waals surface area contributed by atoms with E-state index in [1.165, 1.54) is 11.3 Å². The lowest BCUT2D eigenvalue weighted by Gasteiger charge is -2.26. The Morgan fingerprint density at radius 2 is 2.00 bits per heavy atom. The number of hydrogen-bond acceptors (Lipinski definition) is 6. The second-order valence-corrected chi connectivity index (χ2v) is 10.1. The zero-order valence-electron chi connectivity index (χ0n) is 16.8. The molecule has 2 aromatic carbocycles. The van der Waals surface area contributed by atoms with Gasteiger partial charge in [0.15, 0.2) is 11.7 Å². The molecule has 0 radical (unpaired) electrons. The summed E-state index contributed by atoms with van der Waals surface area (Å²) in [6.07, 6.45) is 0. The molecule has 0 saturated carbocycles. The fraction of sp³-hybridized carbons (Fsp3) is 0.238. The number of fused-ring (bicyclic) bond motifs is 1. The van der Waals surface area contributed by atoms with Gasteiger partial charge in [-0.1, -0.05) is 29.8 Å². The Bertz CT molecular complexity index is 1230. The number of anilines is 2. The van der Waals surface area contributed by atoms with Crippen LogP contribution in [0.1, 0.15) is 16.0 Å². The van der Waals surface area contributed by atoms with Gasteiger partial charge in [0.25, 0.3) is 5.91 Å². The van der Waals surface area contributed by atoms with E-state index in [4.69, 9.17) is 4.74 Å². The van der Waals surface area contributed by atoms with Crippen LogP contribution in [0.4, 0.5) is 10.8 Å². The summed E-state index contributed by atoms with van der Waals surface area (Å²) in [5, 5.41) is 0.313. The molecule has 2 heterocycles. The standard InChI is InChI=1S/C21H21N3O4S2/c1-13-5-4-6-15(9-13)12-30(26,27)23-21-22-20(14(2)29-21)16-7-8-18-17(10-16)24(3)19(25)11-28-18/h4-10H,11-12H2,1-3H3,(H,22,23). The summed E-state index contributed by atoms with van der Waals surface area (Å²) in [6.45, 7) is 3.83. The van der Waals surface area contributed by atoms with Crippen molar-refractivity contribution < 1.29 is 17.9 Å². The van der Waals surface area contributed by atoms with Gasteiger partial charge in [0.2, 0.25) is 10.0 Å². The number of amides is 1. The molecule has 1 aliphatic heterocycles. The summed E-state index contributed by atoms with van der Waals surface area (Å²) in [5.41, 5.74) is 3.85. The third-order valence-electron chi connectivity index (χ3n) is 4.80. The van der Waals surface area contributed by atoms with Gasteiger partial charge in [-0.2, -0.15) is 0 Å². The van der Waals surface area contributed by atoms with Crippen LogP contribution in [0.25, 0.3) is 11.3 Å². The van der Waals surface area contributed by atoms with Gasteiger partial charge in [0.05, 0.1) is 17.1 Å². The third-order valence-corrected chi connectivity index (χ3v) is 7.03. The van der Waals surface area contributed by atoms with Crippen LogP contribution in [0.3, 0.4) is 0 Å². The number of aromatic nitrogens is 1. The minimum Gasteiger partial charge on any atom is -0.482 e. The number of aryl methyl sites for hydroxylation is 2. The summed E-state index contributed by atoms with van der Waals surface area (Å²) in [4.78, 5) is 18.8. The number of ether oxygens (including phenoxy) is 1. The molecule has 7 nitrogen and oxygen atoms in total. The molecule has 0 atom stereocenters. The number of nitrogens with zero attached hydrogens (tertiary/aromatic N) is 2. The smallest absolute Gasteiger partial charge is 0.264 e. The van der Waals surface area contributed by atoms with Crippen LogP contribution in [0.5, 0.6) is 5.75 Å². The van der Waals surface area contributed by atoms with E-state index in [1.54, 1.807) is 24.1 Å². The minimum absolute atomic E-state index is 0.0193. The van der Waals surface area contributed by atoms with Crippen molar-refractivity contribution in [1.29, 1.82) is 0 Å². The van der Waals surface area contributed by atoms with Gasteiger partial charge >= 0.3 is 0 Å². The van der Waals surface area contributed by atoms with E-state index >= 15 is 0 Å². The Morgan fingerprint density at radius 1 is 1.20 bits per heavy atom. The molecule has 1 amide bonds. The molecule has 9 heteroatoms. The fourth-order valence-corrected chi connectivity index (χ4v) is 5.55.